The number of aromatic nitrogens is 1. The van der Waals surface area contributed by atoms with Crippen molar-refractivity contribution in [3.8, 4) is 11.8 Å². The Labute approximate surface area is 174 Å². The van der Waals surface area contributed by atoms with Gasteiger partial charge in [-0.15, -0.1) is 0 Å². The lowest BCUT2D eigenvalue weighted by Gasteiger charge is -2.12. The summed E-state index contributed by atoms with van der Waals surface area (Å²) in [6.45, 7) is 5.59. The Morgan fingerprint density at radius 3 is 2.43 bits per heavy atom. The van der Waals surface area contributed by atoms with Gasteiger partial charge in [0.1, 0.15) is 11.6 Å². The van der Waals surface area contributed by atoms with E-state index in [9.17, 15) is 20.2 Å². The molecule has 30 heavy (non-hydrogen) atoms. The fourth-order valence-electron chi connectivity index (χ4n) is 3.33. The number of non-ortho nitro benzene ring substituents is 1. The summed E-state index contributed by atoms with van der Waals surface area (Å²) in [5, 5.41) is 23.2. The summed E-state index contributed by atoms with van der Waals surface area (Å²) in [6, 6.07) is 17.5. The van der Waals surface area contributed by atoms with Crippen molar-refractivity contribution in [2.75, 3.05) is 5.32 Å². The molecule has 0 spiro atoms. The van der Waals surface area contributed by atoms with E-state index in [0.29, 0.717) is 5.69 Å². The van der Waals surface area contributed by atoms with Crippen molar-refractivity contribution < 1.29 is 9.72 Å². The SMILES string of the molecule is Cc1cc([N+](=O)[O-])ccc1-n1c(C)cc(/C=C(/C#N)C(=O)Nc2ccccc2)c1C. The fourth-order valence-corrected chi connectivity index (χ4v) is 3.33. The van der Waals surface area contributed by atoms with Gasteiger partial charge in [0.05, 0.1) is 4.92 Å². The van der Waals surface area contributed by atoms with E-state index in [0.717, 1.165) is 28.2 Å². The number of nitro groups is 1. The minimum Gasteiger partial charge on any atom is -0.321 e. The molecule has 0 aliphatic carbocycles. The summed E-state index contributed by atoms with van der Waals surface area (Å²) in [7, 11) is 0. The molecule has 7 nitrogen and oxygen atoms in total. The molecule has 1 amide bonds. The van der Waals surface area contributed by atoms with Gasteiger partial charge in [0, 0.05) is 34.9 Å². The lowest BCUT2D eigenvalue weighted by Crippen LogP contribution is -2.13. The van der Waals surface area contributed by atoms with Gasteiger partial charge in [-0.25, -0.2) is 0 Å². The van der Waals surface area contributed by atoms with Crippen molar-refractivity contribution in [2.45, 2.75) is 20.8 Å². The van der Waals surface area contributed by atoms with Crippen LogP contribution in [-0.4, -0.2) is 15.4 Å². The van der Waals surface area contributed by atoms with Crippen LogP contribution < -0.4 is 5.32 Å². The Hall–Kier alpha value is -4.18. The first kappa shape index (κ1) is 20.6. The Kier molecular flexibility index (Phi) is 5.79. The topological polar surface area (TPSA) is 101 Å². The zero-order valence-electron chi connectivity index (χ0n) is 16.8. The number of nitro benzene ring substituents is 1. The Morgan fingerprint density at radius 2 is 1.83 bits per heavy atom. The number of carbonyl (C=O) groups is 1. The summed E-state index contributed by atoms with van der Waals surface area (Å²) in [5.74, 6) is -0.486. The van der Waals surface area contributed by atoms with Crippen molar-refractivity contribution >= 4 is 23.4 Å². The highest BCUT2D eigenvalue weighted by Gasteiger charge is 2.16. The molecule has 0 bridgehead atoms. The van der Waals surface area contributed by atoms with Crippen LogP contribution in [0.2, 0.25) is 0 Å². The number of rotatable bonds is 5. The zero-order valence-corrected chi connectivity index (χ0v) is 16.8. The molecule has 3 rings (SSSR count). The maximum absolute atomic E-state index is 12.5. The number of para-hydroxylation sites is 1. The van der Waals surface area contributed by atoms with Crippen LogP contribution in [0.25, 0.3) is 11.8 Å². The van der Waals surface area contributed by atoms with Gasteiger partial charge in [-0.3, -0.25) is 14.9 Å². The highest BCUT2D eigenvalue weighted by Crippen LogP contribution is 2.27. The number of hydrogen-bond donors (Lipinski definition) is 1. The van der Waals surface area contributed by atoms with Gasteiger partial charge < -0.3 is 9.88 Å². The Bertz CT molecular complexity index is 1200. The lowest BCUT2D eigenvalue weighted by molar-refractivity contribution is -0.384. The van der Waals surface area contributed by atoms with E-state index in [1.54, 1.807) is 36.4 Å². The number of carbonyl (C=O) groups excluding carboxylic acids is 1. The molecule has 0 aliphatic rings. The first-order chi connectivity index (χ1) is 14.3. The number of benzene rings is 2. The molecule has 0 saturated heterocycles. The minimum atomic E-state index is -0.486. The molecule has 7 heteroatoms. The summed E-state index contributed by atoms with van der Waals surface area (Å²) in [5.41, 5.74) is 4.62. The van der Waals surface area contributed by atoms with Crippen LogP contribution in [-0.2, 0) is 4.79 Å². The minimum absolute atomic E-state index is 0.0143. The van der Waals surface area contributed by atoms with Crippen molar-refractivity contribution in [1.82, 2.24) is 4.57 Å². The monoisotopic (exact) mass is 400 g/mol. The van der Waals surface area contributed by atoms with E-state index in [-0.39, 0.29) is 11.3 Å². The standard InChI is InChI=1S/C23H20N4O3/c1-15-11-21(27(29)30)9-10-22(15)26-16(2)12-18(17(26)3)13-19(14-24)23(28)25-20-7-5-4-6-8-20/h4-13H,1-3H3,(H,25,28)/b19-13-. The van der Waals surface area contributed by atoms with E-state index < -0.39 is 10.8 Å². The van der Waals surface area contributed by atoms with Crippen molar-refractivity contribution in [3.63, 3.8) is 0 Å². The number of nitrogens with one attached hydrogen (secondary N) is 1. The summed E-state index contributed by atoms with van der Waals surface area (Å²) < 4.78 is 1.95. The third kappa shape index (κ3) is 4.13. The average molecular weight is 400 g/mol. The molecule has 0 radical (unpaired) electrons. The molecule has 0 aliphatic heterocycles. The second-order valence-electron chi connectivity index (χ2n) is 6.88. The highest BCUT2D eigenvalue weighted by atomic mass is 16.6. The Balaban J connectivity index is 1.97. The van der Waals surface area contributed by atoms with Crippen LogP contribution in [0.15, 0.2) is 60.2 Å². The van der Waals surface area contributed by atoms with Crippen LogP contribution in [0.3, 0.4) is 0 Å². The summed E-state index contributed by atoms with van der Waals surface area (Å²) in [6.07, 6.45) is 1.55. The van der Waals surface area contributed by atoms with Gasteiger partial charge in [0.25, 0.3) is 11.6 Å². The molecule has 1 aromatic heterocycles. The number of anilines is 1. The van der Waals surface area contributed by atoms with Crippen molar-refractivity contribution in [2.24, 2.45) is 0 Å². The van der Waals surface area contributed by atoms with E-state index in [1.165, 1.54) is 12.1 Å². The van der Waals surface area contributed by atoms with Crippen molar-refractivity contribution in [3.05, 3.63) is 92.8 Å². The molecule has 1 heterocycles. The van der Waals surface area contributed by atoms with Gasteiger partial charge in [-0.2, -0.15) is 5.26 Å². The summed E-state index contributed by atoms with van der Waals surface area (Å²) >= 11 is 0. The van der Waals surface area contributed by atoms with Crippen LogP contribution in [0, 0.1) is 42.2 Å². The molecule has 150 valence electrons. The predicted molar refractivity (Wildman–Crippen MR) is 115 cm³/mol. The quantitative estimate of drug-likeness (QED) is 0.286. The number of amides is 1. The van der Waals surface area contributed by atoms with Crippen LogP contribution in [0.1, 0.15) is 22.5 Å². The average Bonchev–Trinajstić information content (AvgIpc) is 2.99. The number of hydrogen-bond acceptors (Lipinski definition) is 4. The summed E-state index contributed by atoms with van der Waals surface area (Å²) in [4.78, 5) is 23.1. The van der Waals surface area contributed by atoms with E-state index >= 15 is 0 Å². The predicted octanol–water partition coefficient (Wildman–Crippen LogP) is 4.86. The first-order valence-corrected chi connectivity index (χ1v) is 9.24. The van der Waals surface area contributed by atoms with Crippen LogP contribution in [0.5, 0.6) is 0 Å². The van der Waals surface area contributed by atoms with Crippen LogP contribution >= 0.6 is 0 Å². The van der Waals surface area contributed by atoms with E-state index in [4.69, 9.17) is 0 Å². The van der Waals surface area contributed by atoms with Gasteiger partial charge in [0.15, 0.2) is 0 Å². The maximum atomic E-state index is 12.5. The second kappa shape index (κ2) is 8.45. The third-order valence-corrected chi connectivity index (χ3v) is 4.80. The van der Waals surface area contributed by atoms with E-state index in [1.807, 2.05) is 43.5 Å². The zero-order chi connectivity index (χ0) is 21.8. The maximum Gasteiger partial charge on any atom is 0.269 e. The van der Waals surface area contributed by atoms with Gasteiger partial charge in [-0.1, -0.05) is 18.2 Å². The fraction of sp³-hybridized carbons (Fsp3) is 0.130. The third-order valence-electron chi connectivity index (χ3n) is 4.80. The molecule has 0 fully saturated rings. The highest BCUT2D eigenvalue weighted by molar-refractivity contribution is 6.09. The van der Waals surface area contributed by atoms with E-state index in [2.05, 4.69) is 5.32 Å². The first-order valence-electron chi connectivity index (χ1n) is 9.24. The molecular weight excluding hydrogens is 380 g/mol. The number of aryl methyl sites for hydroxylation is 2. The Morgan fingerprint density at radius 1 is 1.13 bits per heavy atom. The van der Waals surface area contributed by atoms with Crippen molar-refractivity contribution in [1.29, 1.82) is 5.26 Å². The second-order valence-corrected chi connectivity index (χ2v) is 6.88. The van der Waals surface area contributed by atoms with Crippen LogP contribution in [0.4, 0.5) is 11.4 Å². The molecule has 1 N–H and O–H groups in total. The smallest absolute Gasteiger partial charge is 0.269 e. The molecule has 3 aromatic rings. The molecule has 0 unspecified atom stereocenters. The largest absolute Gasteiger partial charge is 0.321 e. The van der Waals surface area contributed by atoms with Gasteiger partial charge in [0.2, 0.25) is 0 Å². The number of nitrogens with zero attached hydrogens (tertiary/aromatic N) is 3. The van der Waals surface area contributed by atoms with Gasteiger partial charge in [-0.05, 0) is 62.2 Å². The number of nitriles is 1. The lowest BCUT2D eigenvalue weighted by atomic mass is 10.1. The molecule has 2 aromatic carbocycles. The normalized spacial score (nSPS) is 11.1. The van der Waals surface area contributed by atoms with Gasteiger partial charge >= 0.3 is 0 Å². The molecular formula is C23H20N4O3. The molecule has 0 atom stereocenters. The molecule has 0 saturated carbocycles.